The highest BCUT2D eigenvalue weighted by molar-refractivity contribution is 6.04. The third-order valence-electron chi connectivity index (χ3n) is 1.73. The lowest BCUT2D eigenvalue weighted by molar-refractivity contribution is -0.111. The monoisotopic (exact) mass is 220 g/mol. The van der Waals surface area contributed by atoms with Crippen LogP contribution in [0.2, 0.25) is 0 Å². The molecule has 0 saturated heterocycles. The van der Waals surface area contributed by atoms with Crippen molar-refractivity contribution in [2.24, 2.45) is 0 Å². The normalized spacial score (nSPS) is 9.38. The number of nitrogens with zero attached hydrogens (tertiary/aromatic N) is 1. The lowest BCUT2D eigenvalue weighted by atomic mass is 10.2. The third kappa shape index (κ3) is 3.20. The molecule has 0 aromatic carbocycles. The van der Waals surface area contributed by atoms with Gasteiger partial charge >= 0.3 is 5.97 Å². The van der Waals surface area contributed by atoms with E-state index >= 15 is 0 Å². The lowest BCUT2D eigenvalue weighted by Gasteiger charge is -2.05. The number of carboxylic acids is 1. The van der Waals surface area contributed by atoms with Crippen LogP contribution in [0, 0.1) is 0 Å². The fourth-order valence-electron chi connectivity index (χ4n) is 1.11. The number of hydrogen-bond acceptors (Lipinski definition) is 3. The van der Waals surface area contributed by atoms with E-state index in [1.807, 2.05) is 0 Å². The van der Waals surface area contributed by atoms with Gasteiger partial charge in [0.05, 0.1) is 17.4 Å². The van der Waals surface area contributed by atoms with E-state index in [1.165, 1.54) is 24.5 Å². The molecule has 16 heavy (non-hydrogen) atoms. The quantitative estimate of drug-likeness (QED) is 0.759. The summed E-state index contributed by atoms with van der Waals surface area (Å²) < 4.78 is 0. The summed E-state index contributed by atoms with van der Waals surface area (Å²) in [6.07, 6.45) is 4.05. The van der Waals surface area contributed by atoms with Crippen LogP contribution < -0.4 is 5.32 Å². The Hall–Kier alpha value is -2.17. The molecule has 0 aliphatic carbocycles. The second-order valence-corrected chi connectivity index (χ2v) is 3.44. The highest BCUT2D eigenvalue weighted by atomic mass is 16.4. The molecule has 1 rings (SSSR count). The predicted molar refractivity (Wildman–Crippen MR) is 59.3 cm³/mol. The number of hydrogen-bond donors (Lipinski definition) is 2. The van der Waals surface area contributed by atoms with Gasteiger partial charge in [-0.25, -0.2) is 4.79 Å². The summed E-state index contributed by atoms with van der Waals surface area (Å²) in [5.41, 5.74) is 1.04. The predicted octanol–water partition coefficient (Wildman–Crippen LogP) is 1.68. The smallest absolute Gasteiger partial charge is 0.337 e. The number of pyridine rings is 1. The van der Waals surface area contributed by atoms with Gasteiger partial charge in [0.15, 0.2) is 0 Å². The Morgan fingerprint density at radius 3 is 2.69 bits per heavy atom. The molecule has 0 radical (unpaired) electrons. The molecule has 0 aliphatic heterocycles. The number of carbonyl (C=O) groups excluding carboxylic acids is 1. The summed E-state index contributed by atoms with van der Waals surface area (Å²) in [6, 6.07) is 1.33. The van der Waals surface area contributed by atoms with Crippen molar-refractivity contribution < 1.29 is 14.7 Å². The van der Waals surface area contributed by atoms with Crippen LogP contribution >= 0.6 is 0 Å². The van der Waals surface area contributed by atoms with Crippen molar-refractivity contribution in [1.82, 2.24) is 4.98 Å². The van der Waals surface area contributed by atoms with Gasteiger partial charge in [0.25, 0.3) is 0 Å². The molecule has 0 fully saturated rings. The van der Waals surface area contributed by atoms with E-state index in [4.69, 9.17) is 5.11 Å². The maximum Gasteiger partial charge on any atom is 0.337 e. The largest absolute Gasteiger partial charge is 0.478 e. The Morgan fingerprint density at radius 1 is 1.44 bits per heavy atom. The molecule has 0 spiro atoms. The van der Waals surface area contributed by atoms with E-state index < -0.39 is 5.97 Å². The molecule has 0 saturated carbocycles. The van der Waals surface area contributed by atoms with Crippen LogP contribution in [0.3, 0.4) is 0 Å². The van der Waals surface area contributed by atoms with E-state index in [-0.39, 0.29) is 17.2 Å². The number of rotatable bonds is 3. The summed E-state index contributed by atoms with van der Waals surface area (Å²) in [7, 11) is 0. The number of amides is 1. The molecular weight excluding hydrogens is 208 g/mol. The molecule has 0 aliphatic rings. The zero-order chi connectivity index (χ0) is 12.1. The molecule has 0 atom stereocenters. The number of allylic oxidation sites excluding steroid dienone is 1. The van der Waals surface area contributed by atoms with Gasteiger partial charge in [0.2, 0.25) is 5.91 Å². The second-order valence-electron chi connectivity index (χ2n) is 3.44. The van der Waals surface area contributed by atoms with Crippen molar-refractivity contribution >= 4 is 17.6 Å². The van der Waals surface area contributed by atoms with E-state index in [2.05, 4.69) is 10.3 Å². The van der Waals surface area contributed by atoms with Crippen LogP contribution in [0.25, 0.3) is 0 Å². The first-order valence-electron chi connectivity index (χ1n) is 4.64. The molecule has 1 aromatic heterocycles. The van der Waals surface area contributed by atoms with Crippen LogP contribution in [0.5, 0.6) is 0 Å². The zero-order valence-electron chi connectivity index (χ0n) is 9.02. The Bertz CT molecular complexity index is 448. The Kier molecular flexibility index (Phi) is 3.77. The number of aromatic carboxylic acids is 1. The number of nitrogens with one attached hydrogen (secondary N) is 1. The van der Waals surface area contributed by atoms with Gasteiger partial charge in [0, 0.05) is 12.3 Å². The van der Waals surface area contributed by atoms with Gasteiger partial charge in [-0.1, -0.05) is 5.57 Å². The molecule has 1 amide bonds. The van der Waals surface area contributed by atoms with Crippen molar-refractivity contribution in [2.75, 3.05) is 5.32 Å². The molecule has 84 valence electrons. The van der Waals surface area contributed by atoms with Crippen molar-refractivity contribution in [3.05, 3.63) is 35.7 Å². The summed E-state index contributed by atoms with van der Waals surface area (Å²) in [4.78, 5) is 26.0. The fourth-order valence-corrected chi connectivity index (χ4v) is 1.11. The van der Waals surface area contributed by atoms with Gasteiger partial charge < -0.3 is 10.4 Å². The summed E-state index contributed by atoms with van der Waals surface area (Å²) in [6.45, 7) is 3.56. The second kappa shape index (κ2) is 5.06. The van der Waals surface area contributed by atoms with E-state index in [0.29, 0.717) is 0 Å². The number of carboxylic acid groups (broad SMARTS) is 1. The third-order valence-corrected chi connectivity index (χ3v) is 1.73. The molecule has 1 heterocycles. The van der Waals surface area contributed by atoms with Gasteiger partial charge in [-0.3, -0.25) is 9.78 Å². The van der Waals surface area contributed by atoms with Gasteiger partial charge in [-0.05, 0) is 19.9 Å². The summed E-state index contributed by atoms with van der Waals surface area (Å²) in [5.74, 6) is -1.47. The van der Waals surface area contributed by atoms with Crippen LogP contribution in [0.1, 0.15) is 24.2 Å². The molecule has 5 nitrogen and oxygen atoms in total. The molecule has 0 bridgehead atoms. The topological polar surface area (TPSA) is 79.3 Å². The fraction of sp³-hybridized carbons (Fsp3) is 0.182. The van der Waals surface area contributed by atoms with Crippen LogP contribution in [-0.2, 0) is 4.79 Å². The minimum absolute atomic E-state index is 0.0190. The van der Waals surface area contributed by atoms with E-state index in [0.717, 1.165) is 5.57 Å². The summed E-state index contributed by atoms with van der Waals surface area (Å²) >= 11 is 0. The van der Waals surface area contributed by atoms with E-state index in [1.54, 1.807) is 13.8 Å². The minimum Gasteiger partial charge on any atom is -0.478 e. The van der Waals surface area contributed by atoms with Crippen LogP contribution in [0.4, 0.5) is 5.69 Å². The number of aromatic nitrogens is 1. The standard InChI is InChI=1S/C11H12N2O3/c1-7(2)5-10(14)13-9-6-12-4-3-8(9)11(15)16/h3-6H,1-2H3,(H,13,14)(H,15,16). The number of carbonyl (C=O) groups is 2. The van der Waals surface area contributed by atoms with Crippen LogP contribution in [-0.4, -0.2) is 22.0 Å². The number of anilines is 1. The van der Waals surface area contributed by atoms with Crippen molar-refractivity contribution in [2.45, 2.75) is 13.8 Å². The average Bonchev–Trinajstić information content (AvgIpc) is 2.16. The molecule has 1 aromatic rings. The van der Waals surface area contributed by atoms with Crippen molar-refractivity contribution in [3.63, 3.8) is 0 Å². The molecule has 0 unspecified atom stereocenters. The van der Waals surface area contributed by atoms with Gasteiger partial charge in [-0.15, -0.1) is 0 Å². The van der Waals surface area contributed by atoms with Gasteiger partial charge in [0.1, 0.15) is 0 Å². The zero-order valence-corrected chi connectivity index (χ0v) is 9.02. The SMILES string of the molecule is CC(C)=CC(=O)Nc1cnccc1C(=O)O. The maximum absolute atomic E-state index is 11.4. The Morgan fingerprint density at radius 2 is 2.12 bits per heavy atom. The molecule has 5 heteroatoms. The van der Waals surface area contributed by atoms with Crippen molar-refractivity contribution in [3.8, 4) is 0 Å². The van der Waals surface area contributed by atoms with Crippen molar-refractivity contribution in [1.29, 1.82) is 0 Å². The summed E-state index contributed by atoms with van der Waals surface area (Å²) in [5, 5.41) is 11.3. The highest BCUT2D eigenvalue weighted by Crippen LogP contribution is 2.13. The first-order chi connectivity index (χ1) is 7.50. The van der Waals surface area contributed by atoms with Gasteiger partial charge in [-0.2, -0.15) is 0 Å². The Labute approximate surface area is 92.8 Å². The minimum atomic E-state index is -1.10. The highest BCUT2D eigenvalue weighted by Gasteiger charge is 2.10. The maximum atomic E-state index is 11.4. The Balaban J connectivity index is 2.93. The van der Waals surface area contributed by atoms with Crippen LogP contribution in [0.15, 0.2) is 30.1 Å². The first kappa shape index (κ1) is 11.9. The molecular formula is C11H12N2O3. The van der Waals surface area contributed by atoms with E-state index in [9.17, 15) is 9.59 Å². The molecule has 2 N–H and O–H groups in total. The lowest BCUT2D eigenvalue weighted by Crippen LogP contribution is -2.12. The average molecular weight is 220 g/mol. The first-order valence-corrected chi connectivity index (χ1v) is 4.64.